The van der Waals surface area contributed by atoms with Crippen molar-refractivity contribution in [1.82, 2.24) is 0 Å². The van der Waals surface area contributed by atoms with E-state index in [2.05, 4.69) is 4.99 Å². The van der Waals surface area contributed by atoms with Crippen molar-refractivity contribution in [3.8, 4) is 0 Å². The van der Waals surface area contributed by atoms with Crippen molar-refractivity contribution in [3.63, 3.8) is 0 Å². The number of hydrogen-bond acceptors (Lipinski definition) is 3. The van der Waals surface area contributed by atoms with E-state index in [1.165, 1.54) is 6.21 Å². The summed E-state index contributed by atoms with van der Waals surface area (Å²) in [5.74, 6) is -1.16. The number of benzene rings is 1. The van der Waals surface area contributed by atoms with Gasteiger partial charge in [0.2, 0.25) is 0 Å². The van der Waals surface area contributed by atoms with Gasteiger partial charge in [-0.2, -0.15) is 0 Å². The zero-order valence-electron chi connectivity index (χ0n) is 7.43. The van der Waals surface area contributed by atoms with Crippen LogP contribution in [0.2, 0.25) is 0 Å². The minimum absolute atomic E-state index is 0. The van der Waals surface area contributed by atoms with Gasteiger partial charge < -0.3 is 9.90 Å². The number of carboxylic acids is 1. The maximum Gasteiger partial charge on any atom is 1.00 e. The maximum atomic E-state index is 9.96. The first kappa shape index (κ1) is 12.4. The molecule has 13 heavy (non-hydrogen) atoms. The van der Waals surface area contributed by atoms with Crippen LogP contribution in [0.15, 0.2) is 35.3 Å². The average molecular weight is 185 g/mol. The van der Waals surface area contributed by atoms with Crippen molar-refractivity contribution in [2.75, 3.05) is 6.54 Å². The molecule has 1 aromatic rings. The molecule has 4 heteroatoms. The second kappa shape index (κ2) is 6.83. The first-order chi connectivity index (χ1) is 5.79. The molecule has 0 N–H and O–H groups in total. The number of rotatable bonds is 3. The molecule has 0 saturated heterocycles. The molecule has 0 bridgehead atoms. The Bertz CT molecular complexity index is 285. The molecule has 0 aliphatic carbocycles. The second-order valence-electron chi connectivity index (χ2n) is 2.25. The van der Waals surface area contributed by atoms with Gasteiger partial charge in [-0.1, -0.05) is 30.3 Å². The van der Waals surface area contributed by atoms with Crippen LogP contribution >= 0.6 is 0 Å². The monoisotopic (exact) mass is 185 g/mol. The molecule has 0 spiro atoms. The molecule has 0 radical (unpaired) electrons. The van der Waals surface area contributed by atoms with Crippen LogP contribution in [0.5, 0.6) is 0 Å². The van der Waals surface area contributed by atoms with E-state index in [0.717, 1.165) is 5.56 Å². The largest absolute Gasteiger partial charge is 1.00 e. The van der Waals surface area contributed by atoms with Gasteiger partial charge in [0.15, 0.2) is 0 Å². The van der Waals surface area contributed by atoms with E-state index in [0.29, 0.717) is 0 Å². The van der Waals surface area contributed by atoms with Gasteiger partial charge in [-0.3, -0.25) is 4.99 Å². The molecule has 0 aliphatic rings. The van der Waals surface area contributed by atoms with E-state index in [1.807, 2.05) is 30.3 Å². The minimum atomic E-state index is -1.16. The van der Waals surface area contributed by atoms with Crippen LogP contribution in [-0.4, -0.2) is 18.7 Å². The molecule has 0 unspecified atom stereocenters. The number of carbonyl (C=O) groups excluding carboxylic acids is 1. The summed E-state index contributed by atoms with van der Waals surface area (Å²) in [6, 6.07) is 9.30. The van der Waals surface area contributed by atoms with Crippen molar-refractivity contribution in [2.45, 2.75) is 0 Å². The quantitative estimate of drug-likeness (QED) is 0.369. The van der Waals surface area contributed by atoms with Gasteiger partial charge in [-0.15, -0.1) is 0 Å². The Morgan fingerprint density at radius 2 is 2.00 bits per heavy atom. The van der Waals surface area contributed by atoms with Crippen LogP contribution < -0.4 is 34.7 Å². The van der Waals surface area contributed by atoms with Crippen molar-refractivity contribution >= 4 is 12.2 Å². The van der Waals surface area contributed by atoms with Crippen molar-refractivity contribution < 1.29 is 39.5 Å². The third kappa shape index (κ3) is 5.58. The summed E-state index contributed by atoms with van der Waals surface area (Å²) >= 11 is 0. The summed E-state index contributed by atoms with van der Waals surface area (Å²) in [5, 5.41) is 9.96. The molecular formula is C9H8NNaO2. The van der Waals surface area contributed by atoms with Crippen molar-refractivity contribution in [2.24, 2.45) is 4.99 Å². The number of carbonyl (C=O) groups is 1. The standard InChI is InChI=1S/C9H9NO2.Na/c11-9(12)7-10-6-8-4-2-1-3-5-8;/h1-6H,7H2,(H,11,12);/q;+1/p-1. The Labute approximate surface area is 98.8 Å². The average Bonchev–Trinajstić information content (AvgIpc) is 2.05. The SMILES string of the molecule is O=C([O-])CN=Cc1ccccc1.[Na+]. The topological polar surface area (TPSA) is 52.5 Å². The Balaban J connectivity index is 0.00000144. The van der Waals surface area contributed by atoms with E-state index in [1.54, 1.807) is 0 Å². The smallest absolute Gasteiger partial charge is 0.548 e. The Morgan fingerprint density at radius 1 is 1.38 bits per heavy atom. The zero-order valence-corrected chi connectivity index (χ0v) is 9.43. The van der Waals surface area contributed by atoms with Gasteiger partial charge in [-0.05, 0) is 5.56 Å². The summed E-state index contributed by atoms with van der Waals surface area (Å²) in [4.78, 5) is 13.6. The van der Waals surface area contributed by atoms with Crippen LogP contribution in [0, 0.1) is 0 Å². The fraction of sp³-hybridized carbons (Fsp3) is 0.111. The van der Waals surface area contributed by atoms with Crippen LogP contribution in [-0.2, 0) is 4.79 Å². The normalized spacial score (nSPS) is 9.54. The molecule has 62 valence electrons. The Hall–Kier alpha value is -0.640. The van der Waals surface area contributed by atoms with Crippen LogP contribution in [0.1, 0.15) is 5.56 Å². The van der Waals surface area contributed by atoms with Crippen molar-refractivity contribution in [1.29, 1.82) is 0 Å². The number of hydrogen-bond donors (Lipinski definition) is 0. The molecule has 0 amide bonds. The summed E-state index contributed by atoms with van der Waals surface area (Å²) in [6.07, 6.45) is 1.51. The Morgan fingerprint density at radius 3 is 2.54 bits per heavy atom. The van der Waals surface area contributed by atoms with E-state index in [-0.39, 0.29) is 36.1 Å². The molecule has 0 aromatic heterocycles. The first-order valence-electron chi connectivity index (χ1n) is 3.54. The summed E-state index contributed by atoms with van der Waals surface area (Å²) in [6.45, 7) is -0.283. The molecule has 0 aliphatic heterocycles. The van der Waals surface area contributed by atoms with Crippen molar-refractivity contribution in [3.05, 3.63) is 35.9 Å². The number of nitrogens with zero attached hydrogens (tertiary/aromatic N) is 1. The second-order valence-corrected chi connectivity index (χ2v) is 2.25. The zero-order chi connectivity index (χ0) is 8.81. The number of carboxylic acid groups (broad SMARTS) is 1. The van der Waals surface area contributed by atoms with Crippen LogP contribution in [0.3, 0.4) is 0 Å². The van der Waals surface area contributed by atoms with Crippen LogP contribution in [0.4, 0.5) is 0 Å². The van der Waals surface area contributed by atoms with Gasteiger partial charge in [0, 0.05) is 6.21 Å². The van der Waals surface area contributed by atoms with Crippen LogP contribution in [0.25, 0.3) is 0 Å². The number of aliphatic carboxylic acids is 1. The number of aliphatic imine (C=N–C) groups is 1. The molecule has 1 aromatic carbocycles. The predicted octanol–water partition coefficient (Wildman–Crippen LogP) is -3.14. The van der Waals surface area contributed by atoms with E-state index in [9.17, 15) is 9.90 Å². The first-order valence-corrected chi connectivity index (χ1v) is 3.54. The molecule has 0 heterocycles. The minimum Gasteiger partial charge on any atom is -0.548 e. The van der Waals surface area contributed by atoms with E-state index >= 15 is 0 Å². The van der Waals surface area contributed by atoms with Gasteiger partial charge in [0.25, 0.3) is 0 Å². The van der Waals surface area contributed by atoms with Gasteiger partial charge in [0.1, 0.15) is 0 Å². The molecule has 1 rings (SSSR count). The van der Waals surface area contributed by atoms with Gasteiger partial charge >= 0.3 is 29.6 Å². The predicted molar refractivity (Wildman–Crippen MR) is 43.9 cm³/mol. The fourth-order valence-electron chi connectivity index (χ4n) is 0.765. The Kier molecular flexibility index (Phi) is 6.49. The summed E-state index contributed by atoms with van der Waals surface area (Å²) in [5.41, 5.74) is 0.888. The van der Waals surface area contributed by atoms with Gasteiger partial charge in [-0.25, -0.2) is 0 Å². The summed E-state index contributed by atoms with van der Waals surface area (Å²) in [7, 11) is 0. The maximum absolute atomic E-state index is 9.96. The molecule has 0 fully saturated rings. The van der Waals surface area contributed by atoms with Gasteiger partial charge in [0.05, 0.1) is 12.5 Å². The van der Waals surface area contributed by atoms with E-state index < -0.39 is 5.97 Å². The third-order valence-corrected chi connectivity index (χ3v) is 1.26. The molecule has 0 saturated carbocycles. The van der Waals surface area contributed by atoms with E-state index in [4.69, 9.17) is 0 Å². The third-order valence-electron chi connectivity index (χ3n) is 1.26. The molecule has 0 atom stereocenters. The molecular weight excluding hydrogens is 177 g/mol. The summed E-state index contributed by atoms with van der Waals surface area (Å²) < 4.78 is 0. The molecule has 3 nitrogen and oxygen atoms in total. The fourth-order valence-corrected chi connectivity index (χ4v) is 0.765.